The summed E-state index contributed by atoms with van der Waals surface area (Å²) in [4.78, 5) is 0. The average molecular weight is 197 g/mol. The van der Waals surface area contributed by atoms with Gasteiger partial charge in [0.25, 0.3) is 0 Å². The van der Waals surface area contributed by atoms with Crippen LogP contribution >= 0.6 is 0 Å². The Kier molecular flexibility index (Phi) is 3.56. The molecule has 1 aliphatic heterocycles. The normalized spacial score (nSPS) is 22.9. The molecule has 1 fully saturated rings. The average Bonchev–Trinajstić information content (AvgIpc) is 2.46. The third kappa shape index (κ3) is 2.47. The van der Waals surface area contributed by atoms with E-state index in [1.807, 2.05) is 0 Å². The number of hydrogen-bond donors (Lipinski definition) is 1. The molecule has 0 bridgehead atoms. The second-order valence-corrected chi connectivity index (χ2v) is 4.78. The summed E-state index contributed by atoms with van der Waals surface area (Å²) < 4.78 is 5.61. The van der Waals surface area contributed by atoms with Crippen molar-refractivity contribution in [3.63, 3.8) is 0 Å². The maximum absolute atomic E-state index is 5.61. The Hall–Kier alpha value is -0.120. The van der Waals surface area contributed by atoms with Gasteiger partial charge in [-0.1, -0.05) is 13.8 Å². The van der Waals surface area contributed by atoms with Crippen molar-refractivity contribution in [1.82, 2.24) is 10.6 Å². The molecule has 3 nitrogen and oxygen atoms in total. The highest BCUT2D eigenvalue weighted by atomic mass is 16.5. The predicted octanol–water partition coefficient (Wildman–Crippen LogP) is 2.18. The molecule has 0 aromatic carbocycles. The van der Waals surface area contributed by atoms with E-state index in [2.05, 4.69) is 45.3 Å². The molecule has 0 unspecified atom stereocenters. The quantitative estimate of drug-likeness (QED) is 0.752. The van der Waals surface area contributed by atoms with Gasteiger partial charge < -0.3 is 4.74 Å². The van der Waals surface area contributed by atoms with E-state index in [4.69, 9.17) is 4.74 Å². The van der Waals surface area contributed by atoms with Gasteiger partial charge in [0.15, 0.2) is 12.9 Å². The molecule has 0 aliphatic carbocycles. The van der Waals surface area contributed by atoms with Crippen molar-refractivity contribution < 1.29 is 4.74 Å². The zero-order valence-electron chi connectivity index (χ0n) is 9.85. The maximum atomic E-state index is 5.61. The summed E-state index contributed by atoms with van der Waals surface area (Å²) in [5, 5.41) is 7.68. The first-order valence-electron chi connectivity index (χ1n) is 5.29. The molecule has 0 atom stereocenters. The van der Waals surface area contributed by atoms with Gasteiger partial charge in [-0.2, -0.15) is 5.32 Å². The predicted molar refractivity (Wildman–Crippen MR) is 57.0 cm³/mol. The topological polar surface area (TPSA) is 35.4 Å². The Bertz CT molecular complexity index is 182. The molecule has 81 valence electrons. The Morgan fingerprint density at radius 2 is 1.93 bits per heavy atom. The highest BCUT2D eigenvalue weighted by Crippen LogP contribution is 2.35. The van der Waals surface area contributed by atoms with E-state index in [0.29, 0.717) is 0 Å². The lowest BCUT2D eigenvalue weighted by Gasteiger charge is -2.34. The van der Waals surface area contributed by atoms with Crippen LogP contribution in [0.15, 0.2) is 0 Å². The van der Waals surface area contributed by atoms with E-state index in [-0.39, 0.29) is 11.1 Å². The fourth-order valence-corrected chi connectivity index (χ4v) is 1.61. The number of nitrogens with zero attached hydrogens (tertiary/aromatic N) is 1. The van der Waals surface area contributed by atoms with Gasteiger partial charge in [0.05, 0.1) is 0 Å². The largest absolute Gasteiger partial charge is 0.348 e. The smallest absolute Gasteiger partial charge is 0.167 e. The Labute approximate surface area is 87.6 Å². The van der Waals surface area contributed by atoms with E-state index < -0.39 is 0 Å². The SMILES string of the molecule is CCC1(CC)O[CH][N][C]1NC(C)(C)C. The fraction of sp³-hybridized carbons (Fsp3) is 0.818. The zero-order valence-corrected chi connectivity index (χ0v) is 9.85. The van der Waals surface area contributed by atoms with Crippen molar-refractivity contribution in [2.75, 3.05) is 0 Å². The Morgan fingerprint density at radius 1 is 1.36 bits per heavy atom. The standard InChI is InChI=1S/C11H21N2O/c1-6-11(7-2)9(12-8-14-11)13-10(3,4)5/h8,13H,6-7H2,1-5H3. The molecule has 1 N–H and O–H groups in total. The molecule has 1 heterocycles. The van der Waals surface area contributed by atoms with Crippen molar-refractivity contribution in [1.29, 1.82) is 0 Å². The molecule has 1 aliphatic rings. The molecule has 0 aromatic rings. The highest BCUT2D eigenvalue weighted by molar-refractivity contribution is 5.11. The van der Waals surface area contributed by atoms with E-state index in [0.717, 1.165) is 19.0 Å². The van der Waals surface area contributed by atoms with E-state index in [9.17, 15) is 0 Å². The zero-order chi connectivity index (χ0) is 10.8. The molecule has 0 aromatic heterocycles. The highest BCUT2D eigenvalue weighted by Gasteiger charge is 2.45. The van der Waals surface area contributed by atoms with Crippen LogP contribution in [0.2, 0.25) is 0 Å². The van der Waals surface area contributed by atoms with Crippen molar-refractivity contribution in [2.45, 2.75) is 58.6 Å². The summed E-state index contributed by atoms with van der Waals surface area (Å²) in [5.41, 5.74) is -0.177. The van der Waals surface area contributed by atoms with Crippen molar-refractivity contribution >= 4 is 0 Å². The summed E-state index contributed by atoms with van der Waals surface area (Å²) >= 11 is 0. The van der Waals surface area contributed by atoms with Gasteiger partial charge in [-0.3, -0.25) is 5.32 Å². The number of nitrogens with one attached hydrogen (secondary N) is 1. The molecular formula is C11H21N2O. The first-order chi connectivity index (χ1) is 6.43. The van der Waals surface area contributed by atoms with Gasteiger partial charge in [0.2, 0.25) is 0 Å². The third-order valence-electron chi connectivity index (χ3n) is 2.53. The third-order valence-corrected chi connectivity index (χ3v) is 2.53. The molecule has 3 radical (unpaired) electrons. The van der Waals surface area contributed by atoms with Crippen LogP contribution in [0.4, 0.5) is 0 Å². The van der Waals surface area contributed by atoms with Gasteiger partial charge in [-0.15, -0.1) is 0 Å². The second kappa shape index (κ2) is 4.17. The summed E-state index contributed by atoms with van der Waals surface area (Å²) in [6.45, 7) is 12.2. The lowest BCUT2D eigenvalue weighted by Crippen LogP contribution is -2.50. The molecule has 0 saturated carbocycles. The van der Waals surface area contributed by atoms with Crippen molar-refractivity contribution in [3.05, 3.63) is 12.9 Å². The lowest BCUT2D eigenvalue weighted by atomic mass is 9.92. The van der Waals surface area contributed by atoms with Gasteiger partial charge >= 0.3 is 0 Å². The lowest BCUT2D eigenvalue weighted by molar-refractivity contribution is 0.0296. The van der Waals surface area contributed by atoms with Crippen LogP contribution in [0.5, 0.6) is 0 Å². The van der Waals surface area contributed by atoms with Crippen LogP contribution in [0, 0.1) is 12.9 Å². The van der Waals surface area contributed by atoms with Gasteiger partial charge in [-0.05, 0) is 33.6 Å². The van der Waals surface area contributed by atoms with Gasteiger partial charge in [-0.25, -0.2) is 0 Å². The molecular weight excluding hydrogens is 176 g/mol. The number of rotatable bonds is 3. The molecule has 14 heavy (non-hydrogen) atoms. The molecule has 0 amide bonds. The molecule has 1 saturated heterocycles. The van der Waals surface area contributed by atoms with Crippen LogP contribution in [-0.2, 0) is 4.74 Å². The minimum absolute atomic E-state index is 0.0377. The van der Waals surface area contributed by atoms with Crippen LogP contribution in [-0.4, -0.2) is 11.1 Å². The summed E-state index contributed by atoms with van der Waals surface area (Å²) in [7, 11) is 0. The summed E-state index contributed by atoms with van der Waals surface area (Å²) in [6.07, 6.45) is 2.86. The minimum Gasteiger partial charge on any atom is -0.348 e. The Morgan fingerprint density at radius 3 is 2.36 bits per heavy atom. The molecule has 0 spiro atoms. The van der Waals surface area contributed by atoms with E-state index in [1.165, 1.54) is 0 Å². The second-order valence-electron chi connectivity index (χ2n) is 4.78. The van der Waals surface area contributed by atoms with Crippen LogP contribution in [0.1, 0.15) is 47.5 Å². The first kappa shape index (κ1) is 12.0. The summed E-state index contributed by atoms with van der Waals surface area (Å²) in [6, 6.07) is 0. The number of hydrogen-bond acceptors (Lipinski definition) is 2. The molecule has 1 rings (SSSR count). The van der Waals surface area contributed by atoms with Crippen LogP contribution < -0.4 is 10.6 Å². The monoisotopic (exact) mass is 197 g/mol. The van der Waals surface area contributed by atoms with Crippen molar-refractivity contribution in [2.24, 2.45) is 0 Å². The summed E-state index contributed by atoms with van der Waals surface area (Å²) in [5.74, 6) is 0. The van der Waals surface area contributed by atoms with Gasteiger partial charge in [0.1, 0.15) is 5.60 Å². The minimum atomic E-state index is -0.215. The fourth-order valence-electron chi connectivity index (χ4n) is 1.61. The molecule has 3 heteroatoms. The Balaban J connectivity index is 2.67. The van der Waals surface area contributed by atoms with Crippen LogP contribution in [0.25, 0.3) is 0 Å². The number of ether oxygens (including phenoxy) is 1. The van der Waals surface area contributed by atoms with E-state index >= 15 is 0 Å². The van der Waals surface area contributed by atoms with E-state index in [1.54, 1.807) is 6.73 Å². The first-order valence-corrected chi connectivity index (χ1v) is 5.29. The maximum Gasteiger partial charge on any atom is 0.167 e. The van der Waals surface area contributed by atoms with Crippen LogP contribution in [0.3, 0.4) is 0 Å². The van der Waals surface area contributed by atoms with Gasteiger partial charge in [0, 0.05) is 5.54 Å². The van der Waals surface area contributed by atoms with Crippen molar-refractivity contribution in [3.8, 4) is 0 Å².